The normalized spacial score (nSPS) is 28.9. The van der Waals surface area contributed by atoms with Gasteiger partial charge in [0.2, 0.25) is 0 Å². The molecular formula is C14H17NO3. The molecule has 0 radical (unpaired) electrons. The highest BCUT2D eigenvalue weighted by atomic mass is 16.6. The van der Waals surface area contributed by atoms with E-state index in [0.29, 0.717) is 18.4 Å². The number of fused-ring (bicyclic) bond motifs is 1. The number of carbonyl (C=O) groups excluding carboxylic acids is 1. The van der Waals surface area contributed by atoms with Crippen molar-refractivity contribution in [2.75, 3.05) is 13.2 Å². The van der Waals surface area contributed by atoms with E-state index in [1.807, 2.05) is 30.3 Å². The highest BCUT2D eigenvalue weighted by Crippen LogP contribution is 2.49. The van der Waals surface area contributed by atoms with Crippen molar-refractivity contribution in [2.45, 2.75) is 19.1 Å². The number of nitrogens with zero attached hydrogens (tertiary/aromatic N) is 1. The molecule has 1 saturated heterocycles. The maximum atomic E-state index is 11.9. The second-order valence-corrected chi connectivity index (χ2v) is 5.10. The van der Waals surface area contributed by atoms with E-state index in [9.17, 15) is 9.90 Å². The molecule has 1 aliphatic heterocycles. The van der Waals surface area contributed by atoms with Crippen LogP contribution < -0.4 is 0 Å². The van der Waals surface area contributed by atoms with Crippen molar-refractivity contribution in [3.8, 4) is 0 Å². The van der Waals surface area contributed by atoms with Gasteiger partial charge in [0.05, 0.1) is 12.6 Å². The topological polar surface area (TPSA) is 49.8 Å². The number of piperidine rings is 1. The van der Waals surface area contributed by atoms with Gasteiger partial charge in [-0.3, -0.25) is 0 Å². The fraction of sp³-hybridized carbons (Fsp3) is 0.500. The summed E-state index contributed by atoms with van der Waals surface area (Å²) in [6, 6.07) is 9.60. The molecule has 3 unspecified atom stereocenters. The molecule has 18 heavy (non-hydrogen) atoms. The molecular weight excluding hydrogens is 230 g/mol. The fourth-order valence-electron chi connectivity index (χ4n) is 2.82. The zero-order valence-corrected chi connectivity index (χ0v) is 10.2. The Morgan fingerprint density at radius 1 is 1.39 bits per heavy atom. The van der Waals surface area contributed by atoms with Crippen LogP contribution in [0.5, 0.6) is 0 Å². The van der Waals surface area contributed by atoms with Crippen molar-refractivity contribution in [3.63, 3.8) is 0 Å². The molecule has 0 spiro atoms. The Morgan fingerprint density at radius 3 is 2.89 bits per heavy atom. The third-order valence-corrected chi connectivity index (χ3v) is 3.93. The summed E-state index contributed by atoms with van der Waals surface area (Å²) in [6.07, 6.45) is 0.846. The van der Waals surface area contributed by atoms with Crippen LogP contribution in [-0.4, -0.2) is 35.3 Å². The number of hydrogen-bond donors (Lipinski definition) is 1. The van der Waals surface area contributed by atoms with Crippen LogP contribution in [0, 0.1) is 11.8 Å². The fourth-order valence-corrected chi connectivity index (χ4v) is 2.82. The number of carbonyl (C=O) groups is 1. The van der Waals surface area contributed by atoms with E-state index in [1.165, 1.54) is 0 Å². The average molecular weight is 247 g/mol. The second-order valence-electron chi connectivity index (χ2n) is 5.10. The van der Waals surface area contributed by atoms with Crippen molar-refractivity contribution < 1.29 is 14.6 Å². The summed E-state index contributed by atoms with van der Waals surface area (Å²) in [7, 11) is 0. The highest BCUT2D eigenvalue weighted by Gasteiger charge is 2.54. The minimum absolute atomic E-state index is 0.0294. The summed E-state index contributed by atoms with van der Waals surface area (Å²) >= 11 is 0. The Morgan fingerprint density at radius 2 is 2.17 bits per heavy atom. The number of rotatable bonds is 3. The van der Waals surface area contributed by atoms with Gasteiger partial charge in [0.25, 0.3) is 0 Å². The lowest BCUT2D eigenvalue weighted by molar-refractivity contribution is 0.0713. The Labute approximate surface area is 106 Å². The van der Waals surface area contributed by atoms with Crippen molar-refractivity contribution in [1.29, 1.82) is 0 Å². The van der Waals surface area contributed by atoms with Crippen LogP contribution in [0.4, 0.5) is 4.79 Å². The minimum atomic E-state index is -0.301. The molecule has 0 aromatic heterocycles. The lowest BCUT2D eigenvalue weighted by Gasteiger charge is -2.25. The molecule has 1 amide bonds. The van der Waals surface area contributed by atoms with Gasteiger partial charge in [0.1, 0.15) is 6.61 Å². The third kappa shape index (κ3) is 2.08. The Kier molecular flexibility index (Phi) is 2.96. The quantitative estimate of drug-likeness (QED) is 0.883. The molecule has 3 rings (SSSR count). The van der Waals surface area contributed by atoms with E-state index in [4.69, 9.17) is 4.74 Å². The zero-order chi connectivity index (χ0) is 12.5. The van der Waals surface area contributed by atoms with Crippen LogP contribution >= 0.6 is 0 Å². The van der Waals surface area contributed by atoms with Gasteiger partial charge >= 0.3 is 6.09 Å². The maximum Gasteiger partial charge on any atom is 0.410 e. The van der Waals surface area contributed by atoms with Crippen molar-refractivity contribution in [1.82, 2.24) is 4.90 Å². The summed E-state index contributed by atoms with van der Waals surface area (Å²) in [4.78, 5) is 13.6. The second kappa shape index (κ2) is 4.61. The van der Waals surface area contributed by atoms with Gasteiger partial charge in [0, 0.05) is 6.54 Å². The van der Waals surface area contributed by atoms with E-state index in [0.717, 1.165) is 18.5 Å². The smallest absolute Gasteiger partial charge is 0.410 e. The summed E-state index contributed by atoms with van der Waals surface area (Å²) in [5, 5.41) is 9.32. The molecule has 1 N–H and O–H groups in total. The van der Waals surface area contributed by atoms with Crippen molar-refractivity contribution in [2.24, 2.45) is 11.8 Å². The van der Waals surface area contributed by atoms with Crippen LogP contribution in [0.2, 0.25) is 0 Å². The first-order valence-corrected chi connectivity index (χ1v) is 6.38. The van der Waals surface area contributed by atoms with Gasteiger partial charge in [-0.2, -0.15) is 0 Å². The number of ether oxygens (including phenoxy) is 1. The summed E-state index contributed by atoms with van der Waals surface area (Å²) in [6.45, 7) is 1.08. The molecule has 1 heterocycles. The number of aliphatic hydroxyl groups is 1. The first-order valence-electron chi connectivity index (χ1n) is 6.38. The molecule has 96 valence electrons. The van der Waals surface area contributed by atoms with Crippen LogP contribution in [0.15, 0.2) is 30.3 Å². The molecule has 4 heteroatoms. The maximum absolute atomic E-state index is 11.9. The lowest BCUT2D eigenvalue weighted by atomic mass is 10.2. The van der Waals surface area contributed by atoms with E-state index >= 15 is 0 Å². The molecule has 2 fully saturated rings. The predicted octanol–water partition coefficient (Wildman–Crippen LogP) is 1.64. The summed E-state index contributed by atoms with van der Waals surface area (Å²) in [5.74, 6) is 1.09. The lowest BCUT2D eigenvalue weighted by Crippen LogP contribution is -2.40. The number of hydrogen-bond acceptors (Lipinski definition) is 3. The molecule has 1 saturated carbocycles. The largest absolute Gasteiger partial charge is 0.445 e. The molecule has 1 aromatic carbocycles. The molecule has 2 aliphatic rings. The van der Waals surface area contributed by atoms with Crippen LogP contribution in [0.1, 0.15) is 12.0 Å². The van der Waals surface area contributed by atoms with E-state index in [1.54, 1.807) is 4.90 Å². The van der Waals surface area contributed by atoms with Gasteiger partial charge < -0.3 is 14.7 Å². The molecule has 4 nitrogen and oxygen atoms in total. The predicted molar refractivity (Wildman–Crippen MR) is 65.8 cm³/mol. The average Bonchev–Trinajstić information content (AvgIpc) is 3.09. The third-order valence-electron chi connectivity index (χ3n) is 3.93. The zero-order valence-electron chi connectivity index (χ0n) is 10.2. The SMILES string of the molecule is O=C(OCc1ccccc1)N1CC2CC2C1CO. The first kappa shape index (κ1) is 11.5. The Hall–Kier alpha value is -1.55. The summed E-state index contributed by atoms with van der Waals surface area (Å²) < 4.78 is 5.29. The molecule has 1 aliphatic carbocycles. The van der Waals surface area contributed by atoms with Gasteiger partial charge in [-0.05, 0) is 23.8 Å². The number of likely N-dealkylation sites (tertiary alicyclic amines) is 1. The Bertz CT molecular complexity index is 434. The van der Waals surface area contributed by atoms with Gasteiger partial charge in [0.15, 0.2) is 0 Å². The van der Waals surface area contributed by atoms with Gasteiger partial charge in [-0.15, -0.1) is 0 Å². The monoisotopic (exact) mass is 247 g/mol. The Balaban J connectivity index is 1.56. The van der Waals surface area contributed by atoms with Crippen LogP contribution in [-0.2, 0) is 11.3 Å². The van der Waals surface area contributed by atoms with E-state index < -0.39 is 0 Å². The molecule has 0 bridgehead atoms. The molecule has 3 atom stereocenters. The van der Waals surface area contributed by atoms with Crippen molar-refractivity contribution >= 4 is 6.09 Å². The van der Waals surface area contributed by atoms with Crippen molar-refractivity contribution in [3.05, 3.63) is 35.9 Å². The van der Waals surface area contributed by atoms with Crippen LogP contribution in [0.25, 0.3) is 0 Å². The van der Waals surface area contributed by atoms with E-state index in [-0.39, 0.29) is 18.7 Å². The summed E-state index contributed by atoms with van der Waals surface area (Å²) in [5.41, 5.74) is 0.982. The number of aliphatic hydroxyl groups excluding tert-OH is 1. The van der Waals surface area contributed by atoms with Gasteiger partial charge in [-0.25, -0.2) is 4.79 Å². The number of amides is 1. The van der Waals surface area contributed by atoms with Gasteiger partial charge in [-0.1, -0.05) is 30.3 Å². The minimum Gasteiger partial charge on any atom is -0.445 e. The van der Waals surface area contributed by atoms with E-state index in [2.05, 4.69) is 0 Å². The standard InChI is InChI=1S/C14H17NO3/c16-8-13-12-6-11(12)7-15(13)14(17)18-9-10-4-2-1-3-5-10/h1-5,11-13,16H,6-9H2. The molecule has 1 aromatic rings. The number of benzene rings is 1. The first-order chi connectivity index (χ1) is 8.79. The highest BCUT2D eigenvalue weighted by molar-refractivity contribution is 5.69. The van der Waals surface area contributed by atoms with Crippen LogP contribution in [0.3, 0.4) is 0 Å².